The normalized spacial score (nSPS) is 10.5. The molecule has 0 aliphatic rings. The van der Waals surface area contributed by atoms with Gasteiger partial charge in [-0.05, 0) is 55.1 Å². The van der Waals surface area contributed by atoms with Crippen LogP contribution < -0.4 is 10.6 Å². The molecule has 0 bridgehead atoms. The third kappa shape index (κ3) is 5.64. The first-order valence-electron chi connectivity index (χ1n) is 8.49. The van der Waals surface area contributed by atoms with Gasteiger partial charge < -0.3 is 5.32 Å². The van der Waals surface area contributed by atoms with Crippen molar-refractivity contribution in [1.29, 1.82) is 0 Å². The minimum absolute atomic E-state index is 0.0943. The summed E-state index contributed by atoms with van der Waals surface area (Å²) in [6.45, 7) is 0. The first-order valence-corrected chi connectivity index (χ1v) is 10.6. The second-order valence-electron chi connectivity index (χ2n) is 5.89. The van der Waals surface area contributed by atoms with Crippen LogP contribution in [0.15, 0.2) is 58.8 Å². The summed E-state index contributed by atoms with van der Waals surface area (Å²) in [6.07, 6.45) is 2.74. The summed E-state index contributed by atoms with van der Waals surface area (Å²) in [6, 6.07) is 12.9. The molecule has 1 aromatic heterocycles. The quantitative estimate of drug-likeness (QED) is 0.543. The Balaban J connectivity index is 1.50. The summed E-state index contributed by atoms with van der Waals surface area (Å²) >= 11 is 2.90. The maximum Gasteiger partial charge on any atom is 0.257 e. The smallest absolute Gasteiger partial charge is 0.257 e. The number of thiazole rings is 1. The van der Waals surface area contributed by atoms with Crippen LogP contribution in [0.3, 0.4) is 0 Å². The number of hydrogen-bond acceptors (Lipinski definition) is 5. The minimum Gasteiger partial charge on any atom is -0.326 e. The van der Waals surface area contributed by atoms with E-state index in [4.69, 9.17) is 0 Å². The lowest BCUT2D eigenvalue weighted by molar-refractivity contribution is -0.116. The summed E-state index contributed by atoms with van der Waals surface area (Å²) in [5, 5.41) is 7.81. The number of carbonyl (C=O) groups is 2. The summed E-state index contributed by atoms with van der Waals surface area (Å²) in [5.41, 5.74) is 1.85. The Morgan fingerprint density at radius 3 is 2.68 bits per heavy atom. The van der Waals surface area contributed by atoms with Gasteiger partial charge in [-0.15, -0.1) is 23.1 Å². The molecule has 0 aliphatic carbocycles. The number of aryl methyl sites for hydroxylation is 1. The molecule has 0 atom stereocenters. The largest absolute Gasteiger partial charge is 0.326 e. The van der Waals surface area contributed by atoms with Gasteiger partial charge in [-0.3, -0.25) is 14.9 Å². The van der Waals surface area contributed by atoms with Gasteiger partial charge in [0.1, 0.15) is 5.82 Å². The van der Waals surface area contributed by atoms with Gasteiger partial charge in [-0.1, -0.05) is 6.07 Å². The number of nitrogens with one attached hydrogen (secondary N) is 2. The van der Waals surface area contributed by atoms with E-state index in [0.29, 0.717) is 23.5 Å². The fourth-order valence-electron chi connectivity index (χ4n) is 2.42. The number of thioether (sulfide) groups is 1. The van der Waals surface area contributed by atoms with Crippen molar-refractivity contribution in [1.82, 2.24) is 4.98 Å². The summed E-state index contributed by atoms with van der Waals surface area (Å²) in [4.78, 5) is 29.7. The number of rotatable bonds is 7. The van der Waals surface area contributed by atoms with Gasteiger partial charge in [0.25, 0.3) is 5.91 Å². The van der Waals surface area contributed by atoms with Crippen molar-refractivity contribution in [3.63, 3.8) is 0 Å². The van der Waals surface area contributed by atoms with Gasteiger partial charge in [0.2, 0.25) is 5.91 Å². The van der Waals surface area contributed by atoms with E-state index in [9.17, 15) is 14.0 Å². The Hall–Kier alpha value is -2.71. The maximum absolute atomic E-state index is 12.9. The molecule has 0 radical (unpaired) electrons. The molecule has 144 valence electrons. The number of amides is 2. The fourth-order valence-corrected chi connectivity index (χ4v) is 3.61. The predicted octanol–water partition coefficient (Wildman–Crippen LogP) is 4.83. The van der Waals surface area contributed by atoms with Crippen molar-refractivity contribution in [2.45, 2.75) is 17.7 Å². The molecule has 3 aromatic rings. The Labute approximate surface area is 170 Å². The van der Waals surface area contributed by atoms with Crippen LogP contribution in [-0.4, -0.2) is 23.1 Å². The molecule has 2 amide bonds. The van der Waals surface area contributed by atoms with Crippen molar-refractivity contribution >= 4 is 45.7 Å². The number of benzene rings is 2. The molecule has 8 heteroatoms. The maximum atomic E-state index is 12.9. The molecular formula is C20H18FN3O2S2. The first-order chi connectivity index (χ1) is 13.5. The second kappa shape index (κ2) is 9.48. The molecule has 28 heavy (non-hydrogen) atoms. The summed E-state index contributed by atoms with van der Waals surface area (Å²) < 4.78 is 12.9. The fraction of sp³-hybridized carbons (Fsp3) is 0.150. The minimum atomic E-state index is -0.397. The van der Waals surface area contributed by atoms with Crippen LogP contribution in [0.5, 0.6) is 0 Å². The number of anilines is 2. The predicted molar refractivity (Wildman–Crippen MR) is 112 cm³/mol. The summed E-state index contributed by atoms with van der Waals surface area (Å²) in [5.74, 6) is -0.845. The number of nitrogens with zero attached hydrogens (tertiary/aromatic N) is 1. The molecule has 2 aromatic carbocycles. The lowest BCUT2D eigenvalue weighted by atomic mass is 10.2. The molecule has 3 rings (SSSR count). The molecule has 0 unspecified atom stereocenters. The topological polar surface area (TPSA) is 71.1 Å². The van der Waals surface area contributed by atoms with Gasteiger partial charge >= 0.3 is 0 Å². The monoisotopic (exact) mass is 415 g/mol. The van der Waals surface area contributed by atoms with Crippen molar-refractivity contribution in [3.05, 3.63) is 71.0 Å². The van der Waals surface area contributed by atoms with Gasteiger partial charge in [-0.25, -0.2) is 9.37 Å². The van der Waals surface area contributed by atoms with Gasteiger partial charge in [-0.2, -0.15) is 0 Å². The molecule has 0 aliphatic heterocycles. The van der Waals surface area contributed by atoms with Crippen LogP contribution in [0.25, 0.3) is 0 Å². The highest BCUT2D eigenvalue weighted by atomic mass is 32.2. The van der Waals surface area contributed by atoms with Crippen molar-refractivity contribution in [3.8, 4) is 0 Å². The Morgan fingerprint density at radius 1 is 1.14 bits per heavy atom. The third-order valence-electron chi connectivity index (χ3n) is 3.84. The van der Waals surface area contributed by atoms with E-state index >= 15 is 0 Å². The van der Waals surface area contributed by atoms with E-state index in [2.05, 4.69) is 15.6 Å². The van der Waals surface area contributed by atoms with Crippen molar-refractivity contribution in [2.75, 3.05) is 16.9 Å². The van der Waals surface area contributed by atoms with Crippen LogP contribution in [-0.2, 0) is 11.2 Å². The lowest BCUT2D eigenvalue weighted by Crippen LogP contribution is -2.13. The zero-order chi connectivity index (χ0) is 19.9. The van der Waals surface area contributed by atoms with E-state index < -0.39 is 5.82 Å². The standard InChI is InChI=1S/C20H18FN3O2S2/c1-27-17-4-2-3-15(11-17)22-18(25)10-9-16-12-28-20(23-16)24-19(26)13-5-7-14(21)8-6-13/h2-8,11-12H,9-10H2,1H3,(H,22,25)(H,23,24,26). The molecule has 1 heterocycles. The van der Waals surface area contributed by atoms with Crippen molar-refractivity contribution in [2.24, 2.45) is 0 Å². The molecule has 0 saturated carbocycles. The molecular weight excluding hydrogens is 397 g/mol. The molecule has 5 nitrogen and oxygen atoms in total. The highest BCUT2D eigenvalue weighted by Gasteiger charge is 2.10. The zero-order valence-electron chi connectivity index (χ0n) is 15.1. The summed E-state index contributed by atoms with van der Waals surface area (Å²) in [7, 11) is 0. The van der Waals surface area contributed by atoms with Crippen LogP contribution in [0, 0.1) is 5.82 Å². The average molecular weight is 416 g/mol. The highest BCUT2D eigenvalue weighted by molar-refractivity contribution is 7.98. The van der Waals surface area contributed by atoms with Crippen LogP contribution in [0.2, 0.25) is 0 Å². The molecule has 0 spiro atoms. The molecule has 2 N–H and O–H groups in total. The van der Waals surface area contributed by atoms with Gasteiger partial charge in [0.15, 0.2) is 5.13 Å². The van der Waals surface area contributed by atoms with Gasteiger partial charge in [0, 0.05) is 27.9 Å². The van der Waals surface area contributed by atoms with E-state index in [-0.39, 0.29) is 11.8 Å². The van der Waals surface area contributed by atoms with E-state index in [1.165, 1.54) is 35.6 Å². The Kier molecular flexibility index (Phi) is 6.78. The Bertz CT molecular complexity index is 974. The third-order valence-corrected chi connectivity index (χ3v) is 5.37. The van der Waals surface area contributed by atoms with E-state index in [1.54, 1.807) is 11.8 Å². The second-order valence-corrected chi connectivity index (χ2v) is 7.62. The molecule has 0 fully saturated rings. The van der Waals surface area contributed by atoms with Gasteiger partial charge in [0.05, 0.1) is 5.69 Å². The van der Waals surface area contributed by atoms with Crippen LogP contribution >= 0.6 is 23.1 Å². The number of carbonyl (C=O) groups excluding carboxylic acids is 2. The average Bonchev–Trinajstić information content (AvgIpc) is 3.14. The number of aromatic nitrogens is 1. The zero-order valence-corrected chi connectivity index (χ0v) is 16.7. The van der Waals surface area contributed by atoms with Crippen molar-refractivity contribution < 1.29 is 14.0 Å². The lowest BCUT2D eigenvalue weighted by Gasteiger charge is -2.06. The number of hydrogen-bond donors (Lipinski definition) is 2. The SMILES string of the molecule is CSc1cccc(NC(=O)CCc2csc(NC(=O)c3ccc(F)cc3)n2)c1. The van der Waals surface area contributed by atoms with Crippen LogP contribution in [0.1, 0.15) is 22.5 Å². The van der Waals surface area contributed by atoms with Crippen LogP contribution in [0.4, 0.5) is 15.2 Å². The molecule has 0 saturated heterocycles. The number of halogens is 1. The highest BCUT2D eigenvalue weighted by Crippen LogP contribution is 2.20. The Morgan fingerprint density at radius 2 is 1.93 bits per heavy atom. The van der Waals surface area contributed by atoms with E-state index in [0.717, 1.165) is 16.3 Å². The van der Waals surface area contributed by atoms with E-state index in [1.807, 2.05) is 35.9 Å². The first kappa shape index (κ1) is 20.0.